The SMILES string of the molecule is NCC(c1c[nH]c2cc3c(cc12)OCO3)C1CCCC1. The van der Waals surface area contributed by atoms with Crippen LogP contribution in [0.15, 0.2) is 18.3 Å². The number of nitrogens with two attached hydrogens (primary N) is 1. The van der Waals surface area contributed by atoms with Crippen molar-refractivity contribution in [2.24, 2.45) is 11.7 Å². The van der Waals surface area contributed by atoms with Crippen LogP contribution >= 0.6 is 0 Å². The van der Waals surface area contributed by atoms with Crippen LogP contribution in [0.25, 0.3) is 10.9 Å². The summed E-state index contributed by atoms with van der Waals surface area (Å²) in [5, 5.41) is 1.23. The maximum atomic E-state index is 6.08. The van der Waals surface area contributed by atoms with E-state index in [0.29, 0.717) is 19.3 Å². The number of aromatic nitrogens is 1. The lowest BCUT2D eigenvalue weighted by molar-refractivity contribution is 0.174. The number of H-pyrrole nitrogens is 1. The first-order valence-electron chi connectivity index (χ1n) is 7.47. The zero-order valence-electron chi connectivity index (χ0n) is 11.5. The molecule has 1 aromatic heterocycles. The van der Waals surface area contributed by atoms with E-state index < -0.39 is 0 Å². The quantitative estimate of drug-likeness (QED) is 0.902. The van der Waals surface area contributed by atoms with Gasteiger partial charge in [0.15, 0.2) is 11.5 Å². The van der Waals surface area contributed by atoms with Gasteiger partial charge in [0.2, 0.25) is 6.79 Å². The third-order valence-electron chi connectivity index (χ3n) is 4.83. The molecule has 1 aliphatic carbocycles. The molecule has 20 heavy (non-hydrogen) atoms. The van der Waals surface area contributed by atoms with Gasteiger partial charge >= 0.3 is 0 Å². The first kappa shape index (κ1) is 12.1. The van der Waals surface area contributed by atoms with Gasteiger partial charge in [0, 0.05) is 29.1 Å². The van der Waals surface area contributed by atoms with Crippen LogP contribution < -0.4 is 15.2 Å². The predicted octanol–water partition coefficient (Wildman–Crippen LogP) is 3.13. The van der Waals surface area contributed by atoms with Gasteiger partial charge in [-0.2, -0.15) is 0 Å². The van der Waals surface area contributed by atoms with Gasteiger partial charge < -0.3 is 20.2 Å². The highest BCUT2D eigenvalue weighted by Gasteiger charge is 2.28. The highest BCUT2D eigenvalue weighted by Crippen LogP contribution is 2.42. The maximum absolute atomic E-state index is 6.08. The number of nitrogens with one attached hydrogen (secondary N) is 1. The van der Waals surface area contributed by atoms with Crippen molar-refractivity contribution < 1.29 is 9.47 Å². The van der Waals surface area contributed by atoms with E-state index in [2.05, 4.69) is 17.2 Å². The average Bonchev–Trinajstić information content (AvgIpc) is 3.17. The lowest BCUT2D eigenvalue weighted by Gasteiger charge is -2.21. The predicted molar refractivity (Wildman–Crippen MR) is 78.2 cm³/mol. The third kappa shape index (κ3) is 1.79. The molecule has 1 fully saturated rings. The van der Waals surface area contributed by atoms with Crippen LogP contribution in [0.3, 0.4) is 0 Å². The van der Waals surface area contributed by atoms with E-state index in [4.69, 9.17) is 15.2 Å². The summed E-state index contributed by atoms with van der Waals surface area (Å²) >= 11 is 0. The van der Waals surface area contributed by atoms with Crippen LogP contribution in [0.5, 0.6) is 11.5 Å². The molecule has 1 aliphatic heterocycles. The van der Waals surface area contributed by atoms with E-state index in [1.165, 1.54) is 36.6 Å². The van der Waals surface area contributed by atoms with Crippen molar-refractivity contribution in [1.82, 2.24) is 4.98 Å². The van der Waals surface area contributed by atoms with E-state index in [0.717, 1.165) is 22.9 Å². The van der Waals surface area contributed by atoms with Crippen molar-refractivity contribution >= 4 is 10.9 Å². The molecule has 106 valence electrons. The first-order chi connectivity index (χ1) is 9.86. The average molecular weight is 272 g/mol. The lowest BCUT2D eigenvalue weighted by Crippen LogP contribution is -2.19. The van der Waals surface area contributed by atoms with E-state index in [1.54, 1.807) is 0 Å². The topological polar surface area (TPSA) is 60.3 Å². The van der Waals surface area contributed by atoms with Crippen LogP contribution in [0.4, 0.5) is 0 Å². The van der Waals surface area contributed by atoms with Crippen LogP contribution in [-0.4, -0.2) is 18.3 Å². The van der Waals surface area contributed by atoms with Crippen molar-refractivity contribution in [3.63, 3.8) is 0 Å². The molecule has 0 bridgehead atoms. The standard InChI is InChI=1S/C16H20N2O2/c17-7-12(10-3-1-2-4-10)13-8-18-14-6-16-15(5-11(13)14)19-9-20-16/h5-6,8,10,12,18H,1-4,7,9,17H2. The summed E-state index contributed by atoms with van der Waals surface area (Å²) in [6.07, 6.45) is 7.42. The number of benzene rings is 1. The Labute approximate surface area is 118 Å². The molecule has 1 unspecified atom stereocenters. The third-order valence-corrected chi connectivity index (χ3v) is 4.83. The van der Waals surface area contributed by atoms with Gasteiger partial charge in [-0.1, -0.05) is 12.8 Å². The molecule has 0 saturated heterocycles. The summed E-state index contributed by atoms with van der Waals surface area (Å²) < 4.78 is 10.9. The number of ether oxygens (including phenoxy) is 2. The van der Waals surface area contributed by atoms with Crippen molar-refractivity contribution in [2.75, 3.05) is 13.3 Å². The number of aromatic amines is 1. The number of hydrogen-bond acceptors (Lipinski definition) is 3. The molecule has 1 atom stereocenters. The van der Waals surface area contributed by atoms with Crippen LogP contribution in [0.2, 0.25) is 0 Å². The summed E-state index contributed by atoms with van der Waals surface area (Å²) in [5.74, 6) is 2.85. The molecule has 4 heteroatoms. The zero-order chi connectivity index (χ0) is 13.5. The second-order valence-electron chi connectivity index (χ2n) is 5.88. The molecule has 2 aliphatic rings. The number of fused-ring (bicyclic) bond motifs is 2. The van der Waals surface area contributed by atoms with E-state index in [9.17, 15) is 0 Å². The number of rotatable bonds is 3. The Morgan fingerprint density at radius 2 is 1.95 bits per heavy atom. The first-order valence-corrected chi connectivity index (χ1v) is 7.47. The minimum Gasteiger partial charge on any atom is -0.454 e. The second kappa shape index (κ2) is 4.70. The molecular weight excluding hydrogens is 252 g/mol. The molecule has 0 spiro atoms. The Morgan fingerprint density at radius 1 is 1.20 bits per heavy atom. The Hall–Kier alpha value is -1.68. The number of hydrogen-bond donors (Lipinski definition) is 2. The van der Waals surface area contributed by atoms with Crippen molar-refractivity contribution in [3.05, 3.63) is 23.9 Å². The fraction of sp³-hybridized carbons (Fsp3) is 0.500. The summed E-state index contributed by atoms with van der Waals surface area (Å²) in [5.41, 5.74) is 8.53. The fourth-order valence-electron chi connectivity index (χ4n) is 3.77. The summed E-state index contributed by atoms with van der Waals surface area (Å²) in [7, 11) is 0. The lowest BCUT2D eigenvalue weighted by atomic mass is 9.85. The molecule has 1 saturated carbocycles. The minimum atomic E-state index is 0.320. The van der Waals surface area contributed by atoms with Gasteiger partial charge in [0.05, 0.1) is 0 Å². The minimum absolute atomic E-state index is 0.320. The van der Waals surface area contributed by atoms with E-state index in [1.807, 2.05) is 6.07 Å². The van der Waals surface area contributed by atoms with Gasteiger partial charge in [-0.15, -0.1) is 0 Å². The van der Waals surface area contributed by atoms with E-state index >= 15 is 0 Å². The molecule has 4 rings (SSSR count). The van der Waals surface area contributed by atoms with E-state index in [-0.39, 0.29) is 0 Å². The van der Waals surface area contributed by atoms with Gasteiger partial charge in [-0.25, -0.2) is 0 Å². The highest BCUT2D eigenvalue weighted by molar-refractivity contribution is 5.87. The molecule has 0 radical (unpaired) electrons. The van der Waals surface area contributed by atoms with Crippen LogP contribution in [-0.2, 0) is 0 Å². The molecule has 2 heterocycles. The Bertz CT molecular complexity index is 629. The largest absolute Gasteiger partial charge is 0.454 e. The van der Waals surface area contributed by atoms with Gasteiger partial charge in [-0.3, -0.25) is 0 Å². The molecule has 1 aromatic carbocycles. The monoisotopic (exact) mass is 272 g/mol. The van der Waals surface area contributed by atoms with Crippen molar-refractivity contribution in [3.8, 4) is 11.5 Å². The van der Waals surface area contributed by atoms with Crippen molar-refractivity contribution in [2.45, 2.75) is 31.6 Å². The van der Waals surface area contributed by atoms with Gasteiger partial charge in [0.25, 0.3) is 0 Å². The normalized spacial score (nSPS) is 19.9. The Morgan fingerprint density at radius 3 is 2.70 bits per heavy atom. The van der Waals surface area contributed by atoms with Gasteiger partial charge in [-0.05, 0) is 36.9 Å². The van der Waals surface area contributed by atoms with Gasteiger partial charge in [0.1, 0.15) is 0 Å². The summed E-state index contributed by atoms with van der Waals surface area (Å²) in [4.78, 5) is 3.37. The van der Waals surface area contributed by atoms with Crippen LogP contribution in [0.1, 0.15) is 37.2 Å². The Kier molecular flexibility index (Phi) is 2.84. The smallest absolute Gasteiger partial charge is 0.231 e. The molecular formula is C16H20N2O2. The van der Waals surface area contributed by atoms with Crippen LogP contribution in [0, 0.1) is 5.92 Å². The zero-order valence-corrected chi connectivity index (χ0v) is 11.5. The second-order valence-corrected chi connectivity index (χ2v) is 5.88. The fourth-order valence-corrected chi connectivity index (χ4v) is 3.77. The summed E-state index contributed by atoms with van der Waals surface area (Å²) in [6.45, 7) is 1.03. The molecule has 2 aromatic rings. The van der Waals surface area contributed by atoms with Crippen molar-refractivity contribution in [1.29, 1.82) is 0 Å². The molecule has 0 amide bonds. The molecule has 4 nitrogen and oxygen atoms in total. The summed E-state index contributed by atoms with van der Waals surface area (Å²) in [6, 6.07) is 4.13. The molecule has 3 N–H and O–H groups in total. The highest BCUT2D eigenvalue weighted by atomic mass is 16.7. The Balaban J connectivity index is 1.78. The maximum Gasteiger partial charge on any atom is 0.231 e.